The minimum atomic E-state index is -0.614. The molecule has 0 aliphatic heterocycles. The van der Waals surface area contributed by atoms with Gasteiger partial charge in [-0.2, -0.15) is 0 Å². The van der Waals surface area contributed by atoms with E-state index in [1.807, 2.05) is 6.92 Å². The van der Waals surface area contributed by atoms with Crippen molar-refractivity contribution in [1.82, 2.24) is 5.32 Å². The first kappa shape index (κ1) is 16.8. The molecule has 1 aromatic carbocycles. The molecule has 1 atom stereocenters. The average Bonchev–Trinajstić information content (AvgIpc) is 2.26. The van der Waals surface area contributed by atoms with Crippen LogP contribution in [0.15, 0.2) is 18.2 Å². The molecule has 1 amide bonds. The van der Waals surface area contributed by atoms with Crippen LogP contribution in [0.1, 0.15) is 18.9 Å². The lowest BCUT2D eigenvalue weighted by Crippen LogP contribution is -2.40. The highest BCUT2D eigenvalue weighted by Crippen LogP contribution is 2.08. The molecule has 6 heteroatoms. The number of benzene rings is 1. The number of halogens is 3. The molecule has 0 radical (unpaired) electrons. The maximum atomic E-state index is 12.8. The van der Waals surface area contributed by atoms with Crippen molar-refractivity contribution in [1.29, 1.82) is 0 Å². The molecule has 0 bridgehead atoms. The zero-order chi connectivity index (χ0) is 12.8. The summed E-state index contributed by atoms with van der Waals surface area (Å²) in [5.41, 5.74) is 6.02. The Hall–Kier alpha value is -1.20. The molecule has 102 valence electrons. The summed E-state index contributed by atoms with van der Waals surface area (Å²) in [7, 11) is 0. The normalized spacial score (nSPS) is 11.6. The molecule has 0 saturated carbocycles. The molecule has 0 saturated heterocycles. The Morgan fingerprint density at radius 3 is 2.39 bits per heavy atom. The van der Waals surface area contributed by atoms with E-state index in [4.69, 9.17) is 5.73 Å². The second kappa shape index (κ2) is 8.00. The zero-order valence-electron chi connectivity index (χ0n) is 10.1. The number of carbonyl (C=O) groups is 1. The molecule has 3 N–H and O–H groups in total. The van der Waals surface area contributed by atoms with Crippen LogP contribution in [0.25, 0.3) is 0 Å². The molecule has 1 aromatic rings. The molecule has 3 nitrogen and oxygen atoms in total. The first-order chi connectivity index (χ1) is 8.02. The van der Waals surface area contributed by atoms with E-state index in [-0.39, 0.29) is 18.3 Å². The highest BCUT2D eigenvalue weighted by atomic mass is 35.5. The minimum Gasteiger partial charge on any atom is -0.354 e. The maximum Gasteiger partial charge on any atom is 0.236 e. The first-order valence-corrected chi connectivity index (χ1v) is 5.51. The smallest absolute Gasteiger partial charge is 0.236 e. The topological polar surface area (TPSA) is 55.1 Å². The molecule has 0 heterocycles. The number of amides is 1. The highest BCUT2D eigenvalue weighted by Gasteiger charge is 2.09. The van der Waals surface area contributed by atoms with Gasteiger partial charge in [-0.25, -0.2) is 8.78 Å². The molecule has 0 aliphatic carbocycles. The Morgan fingerprint density at radius 1 is 1.33 bits per heavy atom. The fourth-order valence-corrected chi connectivity index (χ4v) is 1.40. The number of carbonyl (C=O) groups excluding carboxylic acids is 1. The number of nitrogens with two attached hydrogens (primary N) is 1. The third-order valence-corrected chi connectivity index (χ3v) is 2.41. The van der Waals surface area contributed by atoms with Gasteiger partial charge in [0.2, 0.25) is 5.91 Å². The summed E-state index contributed by atoms with van der Waals surface area (Å²) in [4.78, 5) is 11.3. The first-order valence-electron chi connectivity index (χ1n) is 5.51. The number of hydrogen-bond donors (Lipinski definition) is 2. The number of hydrogen-bond acceptors (Lipinski definition) is 2. The molecule has 1 rings (SSSR count). The van der Waals surface area contributed by atoms with Crippen molar-refractivity contribution in [3.05, 3.63) is 35.4 Å². The lowest BCUT2D eigenvalue weighted by molar-refractivity contribution is -0.122. The van der Waals surface area contributed by atoms with Crippen LogP contribution in [0.5, 0.6) is 0 Å². The van der Waals surface area contributed by atoms with Crippen molar-refractivity contribution in [3.8, 4) is 0 Å². The van der Waals surface area contributed by atoms with Crippen LogP contribution in [0.2, 0.25) is 0 Å². The van der Waals surface area contributed by atoms with Crippen molar-refractivity contribution in [2.45, 2.75) is 25.8 Å². The van der Waals surface area contributed by atoms with E-state index in [9.17, 15) is 13.6 Å². The van der Waals surface area contributed by atoms with Gasteiger partial charge in [-0.05, 0) is 30.5 Å². The molecular formula is C12H17ClF2N2O. The van der Waals surface area contributed by atoms with E-state index in [0.29, 0.717) is 24.9 Å². The van der Waals surface area contributed by atoms with E-state index in [1.165, 1.54) is 12.1 Å². The van der Waals surface area contributed by atoms with Crippen LogP contribution in [0, 0.1) is 11.6 Å². The van der Waals surface area contributed by atoms with Gasteiger partial charge in [0.25, 0.3) is 0 Å². The van der Waals surface area contributed by atoms with Crippen molar-refractivity contribution in [2.24, 2.45) is 5.73 Å². The average molecular weight is 279 g/mol. The summed E-state index contributed by atoms with van der Waals surface area (Å²) in [5.74, 6) is -1.47. The van der Waals surface area contributed by atoms with Gasteiger partial charge in [0.05, 0.1) is 6.04 Å². The van der Waals surface area contributed by atoms with Gasteiger partial charge in [-0.15, -0.1) is 12.4 Å². The van der Waals surface area contributed by atoms with E-state index >= 15 is 0 Å². The predicted octanol–water partition coefficient (Wildman–Crippen LogP) is 1.78. The van der Waals surface area contributed by atoms with Gasteiger partial charge in [0.15, 0.2) is 0 Å². The SMILES string of the molecule is CC[C@H](N)C(=O)NCCc1cc(F)cc(F)c1.Cl. The Morgan fingerprint density at radius 2 is 1.89 bits per heavy atom. The summed E-state index contributed by atoms with van der Waals surface area (Å²) in [5, 5.41) is 2.61. The lowest BCUT2D eigenvalue weighted by Gasteiger charge is -2.09. The molecule has 0 aromatic heterocycles. The highest BCUT2D eigenvalue weighted by molar-refractivity contribution is 5.85. The standard InChI is InChI=1S/C12H16F2N2O.ClH/c1-2-11(15)12(17)16-4-3-8-5-9(13)7-10(14)6-8;/h5-7,11H,2-4,15H2,1H3,(H,16,17);1H/t11-;/m0./s1. The molecule has 0 spiro atoms. The molecule has 0 unspecified atom stereocenters. The second-order valence-corrected chi connectivity index (χ2v) is 3.83. The van der Waals surface area contributed by atoms with E-state index in [2.05, 4.69) is 5.32 Å². The largest absolute Gasteiger partial charge is 0.354 e. The zero-order valence-corrected chi connectivity index (χ0v) is 10.9. The van der Waals surface area contributed by atoms with E-state index < -0.39 is 17.7 Å². The predicted molar refractivity (Wildman–Crippen MR) is 68.6 cm³/mol. The third kappa shape index (κ3) is 5.42. The maximum absolute atomic E-state index is 12.8. The van der Waals surface area contributed by atoms with Gasteiger partial charge < -0.3 is 11.1 Å². The van der Waals surface area contributed by atoms with Crippen LogP contribution in [-0.4, -0.2) is 18.5 Å². The fourth-order valence-electron chi connectivity index (χ4n) is 1.40. The molecule has 0 fully saturated rings. The molecule has 0 aliphatic rings. The second-order valence-electron chi connectivity index (χ2n) is 3.83. The quantitative estimate of drug-likeness (QED) is 0.863. The van der Waals surface area contributed by atoms with Crippen LogP contribution in [0.3, 0.4) is 0 Å². The van der Waals surface area contributed by atoms with Gasteiger partial charge >= 0.3 is 0 Å². The van der Waals surface area contributed by atoms with E-state index in [1.54, 1.807) is 0 Å². The Labute approximate surface area is 111 Å². The number of rotatable bonds is 5. The van der Waals surface area contributed by atoms with Crippen LogP contribution >= 0.6 is 12.4 Å². The van der Waals surface area contributed by atoms with Gasteiger partial charge in [0.1, 0.15) is 11.6 Å². The van der Waals surface area contributed by atoms with Gasteiger partial charge in [0, 0.05) is 12.6 Å². The Bertz CT molecular complexity index is 381. The Kier molecular flexibility index (Phi) is 7.47. The lowest BCUT2D eigenvalue weighted by atomic mass is 10.1. The fraction of sp³-hybridized carbons (Fsp3) is 0.417. The van der Waals surface area contributed by atoms with E-state index in [0.717, 1.165) is 6.07 Å². The van der Waals surface area contributed by atoms with Gasteiger partial charge in [-0.3, -0.25) is 4.79 Å². The van der Waals surface area contributed by atoms with Crippen molar-refractivity contribution in [3.63, 3.8) is 0 Å². The van der Waals surface area contributed by atoms with Crippen molar-refractivity contribution >= 4 is 18.3 Å². The molecular weight excluding hydrogens is 262 g/mol. The monoisotopic (exact) mass is 278 g/mol. The summed E-state index contributed by atoms with van der Waals surface area (Å²) in [6.45, 7) is 2.13. The van der Waals surface area contributed by atoms with Gasteiger partial charge in [-0.1, -0.05) is 6.92 Å². The number of nitrogens with one attached hydrogen (secondary N) is 1. The summed E-state index contributed by atoms with van der Waals surface area (Å²) in [6.07, 6.45) is 0.928. The Balaban J connectivity index is 0.00000289. The van der Waals surface area contributed by atoms with Crippen LogP contribution in [-0.2, 0) is 11.2 Å². The molecule has 18 heavy (non-hydrogen) atoms. The minimum absolute atomic E-state index is 0. The van der Waals surface area contributed by atoms with Crippen LogP contribution in [0.4, 0.5) is 8.78 Å². The summed E-state index contributed by atoms with van der Waals surface area (Å²) in [6, 6.07) is 2.78. The van der Waals surface area contributed by atoms with Crippen molar-refractivity contribution in [2.75, 3.05) is 6.54 Å². The third-order valence-electron chi connectivity index (χ3n) is 2.41. The van der Waals surface area contributed by atoms with Crippen LogP contribution < -0.4 is 11.1 Å². The van der Waals surface area contributed by atoms with Crippen molar-refractivity contribution < 1.29 is 13.6 Å². The summed E-state index contributed by atoms with van der Waals surface area (Å²) >= 11 is 0. The summed E-state index contributed by atoms with van der Waals surface area (Å²) < 4.78 is 25.7.